The van der Waals surface area contributed by atoms with Crippen molar-refractivity contribution >= 4 is 17.5 Å². The van der Waals surface area contributed by atoms with Crippen molar-refractivity contribution in [3.63, 3.8) is 0 Å². The van der Waals surface area contributed by atoms with Crippen LogP contribution in [0.1, 0.15) is 22.3 Å². The Morgan fingerprint density at radius 1 is 1.47 bits per heavy atom. The fourth-order valence-electron chi connectivity index (χ4n) is 1.86. The zero-order valence-corrected chi connectivity index (χ0v) is 9.44. The Labute approximate surface area is 93.1 Å². The third-order valence-corrected chi connectivity index (χ3v) is 3.79. The minimum absolute atomic E-state index is 0.0937. The van der Waals surface area contributed by atoms with E-state index < -0.39 is 0 Å². The maximum Gasteiger partial charge on any atom is 0.166 e. The maximum atomic E-state index is 13.1. The van der Waals surface area contributed by atoms with Gasteiger partial charge in [0, 0.05) is 17.2 Å². The Hall–Kier alpha value is -0.830. The second-order valence-electron chi connectivity index (χ2n) is 3.94. The number of halogens is 1. The van der Waals surface area contributed by atoms with E-state index in [-0.39, 0.29) is 17.5 Å². The fourth-order valence-corrected chi connectivity index (χ4v) is 3.08. The highest BCUT2D eigenvalue weighted by Crippen LogP contribution is 2.27. The summed E-state index contributed by atoms with van der Waals surface area (Å²) in [5.74, 6) is 1.81. The molecule has 15 heavy (non-hydrogen) atoms. The van der Waals surface area contributed by atoms with Gasteiger partial charge < -0.3 is 0 Å². The van der Waals surface area contributed by atoms with Gasteiger partial charge in [0.2, 0.25) is 0 Å². The first-order valence-corrected chi connectivity index (χ1v) is 6.21. The quantitative estimate of drug-likeness (QED) is 0.718. The van der Waals surface area contributed by atoms with Crippen LogP contribution in [0, 0.1) is 18.7 Å². The molecule has 3 heteroatoms. The normalized spacial score (nSPS) is 20.5. The van der Waals surface area contributed by atoms with Gasteiger partial charge in [-0.3, -0.25) is 4.79 Å². The van der Waals surface area contributed by atoms with E-state index in [0.29, 0.717) is 5.56 Å². The van der Waals surface area contributed by atoms with E-state index in [1.54, 1.807) is 17.8 Å². The van der Waals surface area contributed by atoms with Gasteiger partial charge in [-0.25, -0.2) is 4.39 Å². The monoisotopic (exact) mass is 224 g/mol. The average molecular weight is 224 g/mol. The van der Waals surface area contributed by atoms with E-state index >= 15 is 0 Å². The van der Waals surface area contributed by atoms with E-state index in [1.807, 2.05) is 6.92 Å². The van der Waals surface area contributed by atoms with Crippen molar-refractivity contribution in [2.75, 3.05) is 11.5 Å². The lowest BCUT2D eigenvalue weighted by Crippen LogP contribution is -2.14. The molecule has 0 aromatic heterocycles. The minimum Gasteiger partial charge on any atom is -0.294 e. The lowest BCUT2D eigenvalue weighted by Gasteiger charge is -2.07. The van der Waals surface area contributed by atoms with Gasteiger partial charge in [0.25, 0.3) is 0 Å². The van der Waals surface area contributed by atoms with Crippen LogP contribution in [0.2, 0.25) is 0 Å². The first-order chi connectivity index (χ1) is 7.16. The van der Waals surface area contributed by atoms with Gasteiger partial charge in [0.1, 0.15) is 5.82 Å². The highest BCUT2D eigenvalue weighted by molar-refractivity contribution is 7.99. The number of rotatable bonds is 2. The van der Waals surface area contributed by atoms with Crippen LogP contribution < -0.4 is 0 Å². The smallest absolute Gasteiger partial charge is 0.166 e. The topological polar surface area (TPSA) is 17.1 Å². The molecule has 1 fully saturated rings. The molecule has 1 aromatic rings. The van der Waals surface area contributed by atoms with Gasteiger partial charge in [0.15, 0.2) is 5.78 Å². The van der Waals surface area contributed by atoms with Crippen LogP contribution in [0.15, 0.2) is 18.2 Å². The molecular formula is C12H13FOS. The predicted octanol–water partition coefficient (Wildman–Crippen LogP) is 3.07. The number of benzene rings is 1. The van der Waals surface area contributed by atoms with Gasteiger partial charge >= 0.3 is 0 Å². The zero-order chi connectivity index (χ0) is 10.8. The van der Waals surface area contributed by atoms with Crippen LogP contribution in [0.5, 0.6) is 0 Å². The first kappa shape index (κ1) is 10.7. The number of carbonyl (C=O) groups is 1. The number of hydrogen-bond acceptors (Lipinski definition) is 2. The highest BCUT2D eigenvalue weighted by atomic mass is 32.2. The van der Waals surface area contributed by atoms with Crippen molar-refractivity contribution in [2.45, 2.75) is 13.3 Å². The molecule has 0 aliphatic carbocycles. The summed E-state index contributed by atoms with van der Waals surface area (Å²) in [6.07, 6.45) is 0.930. The van der Waals surface area contributed by atoms with Crippen molar-refractivity contribution in [1.29, 1.82) is 0 Å². The van der Waals surface area contributed by atoms with Crippen molar-refractivity contribution < 1.29 is 9.18 Å². The van der Waals surface area contributed by atoms with Gasteiger partial charge in [-0.05, 0) is 42.9 Å². The van der Waals surface area contributed by atoms with E-state index in [0.717, 1.165) is 23.5 Å². The summed E-state index contributed by atoms with van der Waals surface area (Å²) < 4.78 is 13.1. The molecular weight excluding hydrogens is 211 g/mol. The maximum absolute atomic E-state index is 13.1. The van der Waals surface area contributed by atoms with Crippen LogP contribution in [0.3, 0.4) is 0 Å². The summed E-state index contributed by atoms with van der Waals surface area (Å²) in [4.78, 5) is 12.0. The molecule has 80 valence electrons. The molecule has 2 rings (SSSR count). The predicted molar refractivity (Wildman–Crippen MR) is 60.9 cm³/mol. The number of carbonyl (C=O) groups excluding carboxylic acids is 1. The molecule has 1 saturated heterocycles. The number of hydrogen-bond donors (Lipinski definition) is 0. The summed E-state index contributed by atoms with van der Waals surface area (Å²) in [5.41, 5.74) is 1.34. The number of thioether (sulfide) groups is 1. The van der Waals surface area contributed by atoms with Crippen molar-refractivity contribution in [2.24, 2.45) is 5.92 Å². The Morgan fingerprint density at radius 3 is 2.87 bits per heavy atom. The molecule has 1 aromatic carbocycles. The summed E-state index contributed by atoms with van der Waals surface area (Å²) in [7, 11) is 0. The van der Waals surface area contributed by atoms with E-state index in [4.69, 9.17) is 0 Å². The molecule has 0 saturated carbocycles. The minimum atomic E-state index is -0.316. The molecule has 1 nitrogen and oxygen atoms in total. The highest BCUT2D eigenvalue weighted by Gasteiger charge is 2.24. The van der Waals surface area contributed by atoms with Crippen LogP contribution in [-0.2, 0) is 0 Å². The fraction of sp³-hybridized carbons (Fsp3) is 0.417. The van der Waals surface area contributed by atoms with Gasteiger partial charge in [-0.15, -0.1) is 0 Å². The molecule has 0 radical (unpaired) electrons. The lowest BCUT2D eigenvalue weighted by molar-refractivity contribution is 0.0933. The van der Waals surface area contributed by atoms with Gasteiger partial charge in [-0.2, -0.15) is 11.8 Å². The molecule has 1 aliphatic heterocycles. The molecule has 0 spiro atoms. The lowest BCUT2D eigenvalue weighted by atomic mass is 9.96. The third-order valence-electron chi connectivity index (χ3n) is 2.63. The van der Waals surface area contributed by atoms with Crippen LogP contribution in [0.4, 0.5) is 4.39 Å². The van der Waals surface area contributed by atoms with Crippen LogP contribution >= 0.6 is 11.8 Å². The molecule has 1 aliphatic rings. The number of aryl methyl sites for hydroxylation is 1. The van der Waals surface area contributed by atoms with Crippen LogP contribution in [-0.4, -0.2) is 17.3 Å². The van der Waals surface area contributed by atoms with E-state index in [2.05, 4.69) is 0 Å². The SMILES string of the molecule is Cc1cc(F)cc(C(=O)C2CCSC2)c1. The standard InChI is InChI=1S/C12H13FOS/c1-8-4-10(6-11(13)5-8)12(14)9-2-3-15-7-9/h4-6,9H,2-3,7H2,1H3. The summed E-state index contributed by atoms with van der Waals surface area (Å²) in [6.45, 7) is 1.81. The molecule has 0 bridgehead atoms. The van der Waals surface area contributed by atoms with Crippen molar-refractivity contribution in [3.8, 4) is 0 Å². The van der Waals surface area contributed by atoms with Gasteiger partial charge in [-0.1, -0.05) is 0 Å². The number of Topliss-reactive ketones (excluding diaryl/α,β-unsaturated/α-hetero) is 1. The van der Waals surface area contributed by atoms with Gasteiger partial charge in [0.05, 0.1) is 0 Å². The summed E-state index contributed by atoms with van der Waals surface area (Å²) in [5, 5.41) is 0. The second-order valence-corrected chi connectivity index (χ2v) is 5.09. The summed E-state index contributed by atoms with van der Waals surface area (Å²) in [6, 6.07) is 4.56. The van der Waals surface area contributed by atoms with E-state index in [9.17, 15) is 9.18 Å². The Balaban J connectivity index is 2.24. The Bertz CT molecular complexity index is 363. The average Bonchev–Trinajstić information content (AvgIpc) is 2.67. The largest absolute Gasteiger partial charge is 0.294 e. The van der Waals surface area contributed by atoms with E-state index in [1.165, 1.54) is 12.1 Å². The number of ketones is 1. The molecule has 1 heterocycles. The Kier molecular flexibility index (Phi) is 3.10. The first-order valence-electron chi connectivity index (χ1n) is 5.06. The molecule has 1 atom stereocenters. The van der Waals surface area contributed by atoms with Crippen LogP contribution in [0.25, 0.3) is 0 Å². The molecule has 0 N–H and O–H groups in total. The van der Waals surface area contributed by atoms with Crippen molar-refractivity contribution in [3.05, 3.63) is 35.1 Å². The third kappa shape index (κ3) is 2.40. The van der Waals surface area contributed by atoms with Crippen molar-refractivity contribution in [1.82, 2.24) is 0 Å². The second kappa shape index (κ2) is 4.35. The summed E-state index contributed by atoms with van der Waals surface area (Å²) >= 11 is 1.80. The molecule has 1 unspecified atom stereocenters. The Morgan fingerprint density at radius 2 is 2.27 bits per heavy atom. The molecule has 0 amide bonds. The zero-order valence-electron chi connectivity index (χ0n) is 8.63.